The van der Waals surface area contributed by atoms with Gasteiger partial charge in [-0.3, -0.25) is 9.79 Å². The van der Waals surface area contributed by atoms with Crippen molar-refractivity contribution in [3.05, 3.63) is 35.9 Å². The number of ether oxygens (including phenoxy) is 2. The molecule has 1 aromatic carbocycles. The molecule has 25 heavy (non-hydrogen) atoms. The highest BCUT2D eigenvalue weighted by atomic mass is 16.6. The quantitative estimate of drug-likeness (QED) is 0.770. The molecule has 6 nitrogen and oxygen atoms in total. The summed E-state index contributed by atoms with van der Waals surface area (Å²) in [7, 11) is 0. The summed E-state index contributed by atoms with van der Waals surface area (Å²) >= 11 is 0. The fraction of sp³-hybridized carbons (Fsp3) is 0.526. The minimum atomic E-state index is -0.666. The number of carbonyl (C=O) groups excluding carboxylic acids is 2. The Morgan fingerprint density at radius 3 is 2.68 bits per heavy atom. The van der Waals surface area contributed by atoms with E-state index in [1.165, 1.54) is 4.90 Å². The molecule has 2 aliphatic heterocycles. The molecule has 0 aliphatic carbocycles. The molecule has 3 rings (SSSR count). The number of aliphatic imine (C=N–C) groups is 1. The van der Waals surface area contributed by atoms with Crippen molar-refractivity contribution in [3.8, 4) is 0 Å². The third-order valence-corrected chi connectivity index (χ3v) is 5.22. The van der Waals surface area contributed by atoms with E-state index in [-0.39, 0.29) is 24.0 Å². The lowest BCUT2D eigenvalue weighted by Gasteiger charge is -2.38. The summed E-state index contributed by atoms with van der Waals surface area (Å²) in [5, 5.41) is 0. The highest BCUT2D eigenvalue weighted by Crippen LogP contribution is 2.37. The van der Waals surface area contributed by atoms with Crippen molar-refractivity contribution in [2.24, 2.45) is 10.4 Å². The molecule has 134 valence electrons. The predicted molar refractivity (Wildman–Crippen MR) is 93.6 cm³/mol. The van der Waals surface area contributed by atoms with Crippen LogP contribution in [0.25, 0.3) is 0 Å². The first kappa shape index (κ1) is 17.6. The average Bonchev–Trinajstić information content (AvgIpc) is 2.97. The Bertz CT molecular complexity index is 640. The normalized spacial score (nSPS) is 23.8. The molecule has 0 spiro atoms. The SMILES string of the molecule is C=N[C@H](C(=O)N1C(=O)OC[C@@H]1Cc1ccccc1)C1(C)CCOCC1. The second-order valence-corrected chi connectivity index (χ2v) is 6.98. The smallest absolute Gasteiger partial charge is 0.417 e. The van der Waals surface area contributed by atoms with E-state index in [4.69, 9.17) is 9.47 Å². The molecule has 6 heteroatoms. The molecule has 0 bridgehead atoms. The summed E-state index contributed by atoms with van der Waals surface area (Å²) in [5.41, 5.74) is 0.709. The lowest BCUT2D eigenvalue weighted by atomic mass is 9.75. The number of hydrogen-bond donors (Lipinski definition) is 0. The van der Waals surface area contributed by atoms with Gasteiger partial charge >= 0.3 is 6.09 Å². The van der Waals surface area contributed by atoms with Crippen LogP contribution in [0.2, 0.25) is 0 Å². The van der Waals surface area contributed by atoms with Crippen LogP contribution in [0, 0.1) is 5.41 Å². The van der Waals surface area contributed by atoms with Gasteiger partial charge in [0.1, 0.15) is 12.6 Å². The van der Waals surface area contributed by atoms with Crippen molar-refractivity contribution in [1.82, 2.24) is 4.90 Å². The van der Waals surface area contributed by atoms with Gasteiger partial charge in [0.2, 0.25) is 0 Å². The lowest BCUT2D eigenvalue weighted by molar-refractivity contribution is -0.135. The number of cyclic esters (lactones) is 1. The largest absolute Gasteiger partial charge is 0.447 e. The third-order valence-electron chi connectivity index (χ3n) is 5.22. The van der Waals surface area contributed by atoms with Gasteiger partial charge in [-0.05, 0) is 31.5 Å². The van der Waals surface area contributed by atoms with E-state index in [2.05, 4.69) is 11.7 Å². The van der Waals surface area contributed by atoms with Crippen LogP contribution in [-0.2, 0) is 20.7 Å². The van der Waals surface area contributed by atoms with E-state index in [9.17, 15) is 9.59 Å². The van der Waals surface area contributed by atoms with Crippen molar-refractivity contribution in [1.29, 1.82) is 0 Å². The molecule has 1 aromatic rings. The van der Waals surface area contributed by atoms with E-state index < -0.39 is 12.1 Å². The maximum Gasteiger partial charge on any atom is 0.417 e. The molecule has 0 radical (unpaired) electrons. The Balaban J connectivity index is 1.79. The number of imide groups is 1. The predicted octanol–water partition coefficient (Wildman–Crippen LogP) is 2.46. The van der Waals surface area contributed by atoms with Crippen LogP contribution >= 0.6 is 0 Å². The van der Waals surface area contributed by atoms with Gasteiger partial charge < -0.3 is 9.47 Å². The topological polar surface area (TPSA) is 68.2 Å². The Kier molecular flexibility index (Phi) is 5.18. The van der Waals surface area contributed by atoms with E-state index in [0.29, 0.717) is 32.5 Å². The van der Waals surface area contributed by atoms with Crippen LogP contribution in [0.1, 0.15) is 25.3 Å². The van der Waals surface area contributed by atoms with Gasteiger partial charge in [0.15, 0.2) is 0 Å². The Morgan fingerprint density at radius 2 is 2.04 bits per heavy atom. The van der Waals surface area contributed by atoms with Gasteiger partial charge in [0.25, 0.3) is 5.91 Å². The van der Waals surface area contributed by atoms with Crippen LogP contribution in [0.15, 0.2) is 35.3 Å². The third kappa shape index (κ3) is 3.58. The Hall–Kier alpha value is -2.21. The standard InChI is InChI=1S/C19H24N2O4/c1-19(8-10-24-11-9-19)16(20-2)17(22)21-15(13-25-18(21)23)12-14-6-4-3-5-7-14/h3-7,15-16H,2,8-13H2,1H3/t15-,16+/m0/s1. The summed E-state index contributed by atoms with van der Waals surface area (Å²) in [6.45, 7) is 7.03. The molecule has 2 heterocycles. The average molecular weight is 344 g/mol. The van der Waals surface area contributed by atoms with E-state index in [0.717, 1.165) is 5.56 Å². The summed E-state index contributed by atoms with van der Waals surface area (Å²) < 4.78 is 10.6. The van der Waals surface area contributed by atoms with E-state index in [1.54, 1.807) is 0 Å². The second-order valence-electron chi connectivity index (χ2n) is 6.98. The fourth-order valence-corrected chi connectivity index (χ4v) is 3.61. The van der Waals surface area contributed by atoms with Crippen LogP contribution in [-0.4, -0.2) is 55.5 Å². The molecular weight excluding hydrogens is 320 g/mol. The minimum Gasteiger partial charge on any atom is -0.447 e. The van der Waals surface area contributed by atoms with Crippen LogP contribution in [0.3, 0.4) is 0 Å². The zero-order valence-electron chi connectivity index (χ0n) is 14.5. The summed E-state index contributed by atoms with van der Waals surface area (Å²) in [6, 6.07) is 8.80. The van der Waals surface area contributed by atoms with E-state index in [1.807, 2.05) is 37.3 Å². The molecule has 0 saturated carbocycles. The number of nitrogens with zero attached hydrogens (tertiary/aromatic N) is 2. The van der Waals surface area contributed by atoms with Gasteiger partial charge in [-0.1, -0.05) is 37.3 Å². The van der Waals surface area contributed by atoms with Crippen LogP contribution in [0.5, 0.6) is 0 Å². The molecule has 2 aliphatic rings. The Morgan fingerprint density at radius 1 is 1.36 bits per heavy atom. The van der Waals surface area contributed by atoms with Crippen molar-refractivity contribution < 1.29 is 19.1 Å². The highest BCUT2D eigenvalue weighted by molar-refractivity contribution is 5.97. The monoisotopic (exact) mass is 344 g/mol. The van der Waals surface area contributed by atoms with Crippen LogP contribution in [0.4, 0.5) is 4.79 Å². The van der Waals surface area contributed by atoms with Crippen molar-refractivity contribution in [2.45, 2.75) is 38.3 Å². The molecule has 0 aromatic heterocycles. The van der Waals surface area contributed by atoms with Gasteiger partial charge in [-0.25, -0.2) is 9.69 Å². The molecular formula is C19H24N2O4. The van der Waals surface area contributed by atoms with E-state index >= 15 is 0 Å². The zero-order valence-corrected chi connectivity index (χ0v) is 14.5. The van der Waals surface area contributed by atoms with Crippen molar-refractivity contribution >= 4 is 18.7 Å². The van der Waals surface area contributed by atoms with Crippen LogP contribution < -0.4 is 0 Å². The molecule has 2 fully saturated rings. The molecule has 0 N–H and O–H groups in total. The first-order chi connectivity index (χ1) is 12.0. The maximum atomic E-state index is 13.1. The molecule has 2 saturated heterocycles. The first-order valence-electron chi connectivity index (χ1n) is 8.62. The first-order valence-corrected chi connectivity index (χ1v) is 8.62. The number of rotatable bonds is 5. The van der Waals surface area contributed by atoms with Gasteiger partial charge in [-0.15, -0.1) is 0 Å². The summed E-state index contributed by atoms with van der Waals surface area (Å²) in [5.74, 6) is -0.317. The molecule has 0 unspecified atom stereocenters. The van der Waals surface area contributed by atoms with Gasteiger partial charge in [0.05, 0.1) is 6.04 Å². The zero-order chi connectivity index (χ0) is 17.9. The number of hydrogen-bond acceptors (Lipinski definition) is 5. The van der Waals surface area contributed by atoms with Crippen molar-refractivity contribution in [3.63, 3.8) is 0 Å². The maximum absolute atomic E-state index is 13.1. The number of benzene rings is 1. The summed E-state index contributed by atoms with van der Waals surface area (Å²) in [4.78, 5) is 30.7. The van der Waals surface area contributed by atoms with Gasteiger partial charge in [0, 0.05) is 18.6 Å². The Labute approximate surface area is 147 Å². The number of amides is 2. The number of carbonyl (C=O) groups is 2. The molecule has 2 amide bonds. The van der Waals surface area contributed by atoms with Gasteiger partial charge in [-0.2, -0.15) is 0 Å². The summed E-state index contributed by atoms with van der Waals surface area (Å²) in [6.07, 6.45) is 1.42. The lowest BCUT2D eigenvalue weighted by Crippen LogP contribution is -2.51. The fourth-order valence-electron chi connectivity index (χ4n) is 3.61. The van der Waals surface area contributed by atoms with Crippen molar-refractivity contribution in [2.75, 3.05) is 19.8 Å². The minimum absolute atomic E-state index is 0.211. The second kappa shape index (κ2) is 7.35. The molecule has 2 atom stereocenters. The highest BCUT2D eigenvalue weighted by Gasteiger charge is 2.47.